The van der Waals surface area contributed by atoms with E-state index in [4.69, 9.17) is 14.6 Å². The average molecular weight is 310 g/mol. The van der Waals surface area contributed by atoms with Crippen molar-refractivity contribution < 1.29 is 19.4 Å². The van der Waals surface area contributed by atoms with Crippen LogP contribution in [-0.2, 0) is 14.3 Å². The zero-order chi connectivity index (χ0) is 15.6. The molecule has 1 aliphatic carbocycles. The van der Waals surface area contributed by atoms with E-state index in [1.807, 2.05) is 0 Å². The lowest BCUT2D eigenvalue weighted by Gasteiger charge is -2.25. The van der Waals surface area contributed by atoms with Crippen LogP contribution in [0.3, 0.4) is 0 Å². The molecule has 22 heavy (non-hydrogen) atoms. The number of aliphatic carboxylic acids is 1. The molecule has 0 spiro atoms. The van der Waals surface area contributed by atoms with Crippen LogP contribution in [0.4, 0.5) is 0 Å². The Kier molecular flexibility index (Phi) is 7.95. The zero-order valence-electron chi connectivity index (χ0n) is 13.5. The van der Waals surface area contributed by atoms with Gasteiger partial charge in [0.1, 0.15) is 0 Å². The van der Waals surface area contributed by atoms with E-state index in [1.165, 1.54) is 32.1 Å². The molecule has 0 aromatic carbocycles. The van der Waals surface area contributed by atoms with Crippen LogP contribution in [0.5, 0.6) is 0 Å². The van der Waals surface area contributed by atoms with Crippen LogP contribution >= 0.6 is 0 Å². The molecule has 0 aromatic rings. The third kappa shape index (κ3) is 6.49. The Labute approximate surface area is 133 Å². The van der Waals surface area contributed by atoms with Crippen LogP contribution in [0.1, 0.15) is 57.8 Å². The van der Waals surface area contributed by atoms with Gasteiger partial charge in [0.05, 0.1) is 25.9 Å². The first-order valence-electron chi connectivity index (χ1n) is 8.82. The van der Waals surface area contributed by atoms with E-state index in [1.54, 1.807) is 0 Å². The van der Waals surface area contributed by atoms with Gasteiger partial charge in [-0.05, 0) is 38.0 Å². The summed E-state index contributed by atoms with van der Waals surface area (Å²) >= 11 is 0. The van der Waals surface area contributed by atoms with Crippen LogP contribution in [-0.4, -0.2) is 37.0 Å². The van der Waals surface area contributed by atoms with Gasteiger partial charge in [0, 0.05) is 12.3 Å². The Balaban J connectivity index is 1.60. The van der Waals surface area contributed by atoms with Gasteiger partial charge in [0.25, 0.3) is 0 Å². The third-order valence-electron chi connectivity index (χ3n) is 4.80. The second-order valence-electron chi connectivity index (χ2n) is 6.64. The summed E-state index contributed by atoms with van der Waals surface area (Å²) in [5.74, 6) is 0.363. The predicted octanol–water partition coefficient (Wildman–Crippen LogP) is 3.80. The topological polar surface area (TPSA) is 55.8 Å². The maximum atomic E-state index is 10.4. The molecule has 2 fully saturated rings. The van der Waals surface area contributed by atoms with Crippen LogP contribution in [0.15, 0.2) is 12.2 Å². The Morgan fingerprint density at radius 2 is 1.91 bits per heavy atom. The number of carboxylic acids is 1. The van der Waals surface area contributed by atoms with E-state index < -0.39 is 5.97 Å². The first-order chi connectivity index (χ1) is 10.8. The molecule has 1 N–H and O–H groups in total. The number of allylic oxidation sites excluding steroid dienone is 2. The highest BCUT2D eigenvalue weighted by atomic mass is 16.5. The number of ether oxygens (including phenoxy) is 2. The Hall–Kier alpha value is -0.870. The van der Waals surface area contributed by atoms with Gasteiger partial charge in [-0.1, -0.05) is 31.4 Å². The third-order valence-corrected chi connectivity index (χ3v) is 4.80. The van der Waals surface area contributed by atoms with Crippen molar-refractivity contribution in [3.63, 3.8) is 0 Å². The predicted molar refractivity (Wildman–Crippen MR) is 85.9 cm³/mol. The van der Waals surface area contributed by atoms with Crippen LogP contribution in [0.2, 0.25) is 0 Å². The van der Waals surface area contributed by atoms with E-state index in [0.29, 0.717) is 17.9 Å². The van der Waals surface area contributed by atoms with Gasteiger partial charge in [0.2, 0.25) is 0 Å². The number of unbranched alkanes of at least 4 members (excludes halogenated alkanes) is 1. The first-order valence-corrected chi connectivity index (χ1v) is 8.82. The molecule has 1 saturated heterocycles. The molecule has 0 amide bonds. The van der Waals surface area contributed by atoms with Gasteiger partial charge < -0.3 is 14.6 Å². The van der Waals surface area contributed by atoms with Crippen molar-refractivity contribution in [2.75, 3.05) is 19.8 Å². The number of rotatable bonds is 9. The molecule has 126 valence electrons. The molecule has 0 radical (unpaired) electrons. The lowest BCUT2D eigenvalue weighted by Crippen LogP contribution is -2.24. The number of carboxylic acid groups (broad SMARTS) is 1. The lowest BCUT2D eigenvalue weighted by molar-refractivity contribution is -0.137. The largest absolute Gasteiger partial charge is 0.481 e. The fraction of sp³-hybridized carbons (Fsp3) is 0.833. The fourth-order valence-corrected chi connectivity index (χ4v) is 3.34. The molecule has 0 aromatic heterocycles. The maximum Gasteiger partial charge on any atom is 0.303 e. The highest BCUT2D eigenvalue weighted by Gasteiger charge is 2.28. The van der Waals surface area contributed by atoms with Gasteiger partial charge in [-0.3, -0.25) is 4.79 Å². The van der Waals surface area contributed by atoms with Crippen molar-refractivity contribution in [3.8, 4) is 0 Å². The summed E-state index contributed by atoms with van der Waals surface area (Å²) in [5.41, 5.74) is 0. The first kappa shape index (κ1) is 17.5. The SMILES string of the molecule is O=C(O)CCC/C=C\C[C@H]1COC[C@H]1COC1CCCCC1. The molecular formula is C18H30O4. The maximum absolute atomic E-state index is 10.4. The molecule has 4 nitrogen and oxygen atoms in total. The molecule has 2 rings (SSSR count). The standard InChI is InChI=1S/C18H30O4/c19-18(20)11-7-2-1-4-8-15-12-21-13-16(15)14-22-17-9-5-3-6-10-17/h1,4,15-17H,2-3,5-14H2,(H,19,20)/b4-1-/t15-,16-/m0/s1. The summed E-state index contributed by atoms with van der Waals surface area (Å²) in [4.78, 5) is 10.4. The molecule has 0 bridgehead atoms. The van der Waals surface area contributed by atoms with E-state index in [9.17, 15) is 4.79 Å². The smallest absolute Gasteiger partial charge is 0.303 e. The van der Waals surface area contributed by atoms with Crippen molar-refractivity contribution in [2.24, 2.45) is 11.8 Å². The minimum Gasteiger partial charge on any atom is -0.481 e. The molecule has 2 atom stereocenters. The van der Waals surface area contributed by atoms with Gasteiger partial charge >= 0.3 is 5.97 Å². The van der Waals surface area contributed by atoms with Gasteiger partial charge in [-0.2, -0.15) is 0 Å². The monoisotopic (exact) mass is 310 g/mol. The van der Waals surface area contributed by atoms with Crippen LogP contribution in [0.25, 0.3) is 0 Å². The Bertz CT molecular complexity index is 347. The molecule has 4 heteroatoms. The second-order valence-corrected chi connectivity index (χ2v) is 6.64. The molecule has 0 unspecified atom stereocenters. The Morgan fingerprint density at radius 1 is 1.14 bits per heavy atom. The zero-order valence-corrected chi connectivity index (χ0v) is 13.5. The summed E-state index contributed by atoms with van der Waals surface area (Å²) < 4.78 is 11.7. The van der Waals surface area contributed by atoms with Crippen molar-refractivity contribution in [1.82, 2.24) is 0 Å². The van der Waals surface area contributed by atoms with Gasteiger partial charge in [0.15, 0.2) is 0 Å². The number of carbonyl (C=O) groups is 1. The minimum atomic E-state index is -0.711. The van der Waals surface area contributed by atoms with E-state index in [0.717, 1.165) is 39.1 Å². The van der Waals surface area contributed by atoms with Crippen molar-refractivity contribution in [2.45, 2.75) is 63.9 Å². The van der Waals surface area contributed by atoms with E-state index >= 15 is 0 Å². The summed E-state index contributed by atoms with van der Waals surface area (Å²) in [6, 6.07) is 0. The molecular weight excluding hydrogens is 280 g/mol. The van der Waals surface area contributed by atoms with Crippen molar-refractivity contribution in [3.05, 3.63) is 12.2 Å². The fourth-order valence-electron chi connectivity index (χ4n) is 3.34. The normalized spacial score (nSPS) is 26.7. The quantitative estimate of drug-likeness (QED) is 0.520. The van der Waals surface area contributed by atoms with Gasteiger partial charge in [-0.25, -0.2) is 0 Å². The number of hydrogen-bond acceptors (Lipinski definition) is 3. The molecule has 1 heterocycles. The second kappa shape index (κ2) is 10.0. The summed E-state index contributed by atoms with van der Waals surface area (Å²) in [5, 5.41) is 8.59. The summed E-state index contributed by atoms with van der Waals surface area (Å²) in [6.45, 7) is 2.49. The molecule has 1 saturated carbocycles. The average Bonchev–Trinajstić information content (AvgIpc) is 2.97. The van der Waals surface area contributed by atoms with E-state index in [2.05, 4.69) is 12.2 Å². The van der Waals surface area contributed by atoms with Crippen LogP contribution in [0, 0.1) is 11.8 Å². The van der Waals surface area contributed by atoms with E-state index in [-0.39, 0.29) is 6.42 Å². The summed E-state index contributed by atoms with van der Waals surface area (Å²) in [6.07, 6.45) is 14.1. The lowest BCUT2D eigenvalue weighted by atomic mass is 9.92. The van der Waals surface area contributed by atoms with Crippen molar-refractivity contribution in [1.29, 1.82) is 0 Å². The molecule has 2 aliphatic rings. The summed E-state index contributed by atoms with van der Waals surface area (Å²) in [7, 11) is 0. The highest BCUT2D eigenvalue weighted by molar-refractivity contribution is 5.66. The Morgan fingerprint density at radius 3 is 2.68 bits per heavy atom. The minimum absolute atomic E-state index is 0.259. The number of hydrogen-bond donors (Lipinski definition) is 1. The van der Waals surface area contributed by atoms with Crippen molar-refractivity contribution >= 4 is 5.97 Å². The van der Waals surface area contributed by atoms with Gasteiger partial charge in [-0.15, -0.1) is 0 Å². The van der Waals surface area contributed by atoms with Crippen LogP contribution < -0.4 is 0 Å². The molecule has 1 aliphatic heterocycles. The highest BCUT2D eigenvalue weighted by Crippen LogP contribution is 2.27.